The fourth-order valence-electron chi connectivity index (χ4n) is 2.25. The maximum atomic E-state index is 10.3. The van der Waals surface area contributed by atoms with E-state index in [9.17, 15) is 5.11 Å². The lowest BCUT2D eigenvalue weighted by atomic mass is 9.94. The zero-order valence-electron chi connectivity index (χ0n) is 11.2. The van der Waals surface area contributed by atoms with Gasteiger partial charge in [0.05, 0.1) is 16.2 Å². The van der Waals surface area contributed by atoms with Crippen LogP contribution in [-0.4, -0.2) is 35.5 Å². The maximum absolute atomic E-state index is 10.3. The quantitative estimate of drug-likeness (QED) is 0.891. The standard InChI is InChI=1S/C14H18N2O2S2/c17-14(3-5-18-6-4-14)10-15-8-11-9-20-13(16-11)12-2-1-7-19-12/h1-2,7,9,15,17H,3-6,8,10H2. The van der Waals surface area contributed by atoms with Crippen molar-refractivity contribution in [1.82, 2.24) is 10.3 Å². The summed E-state index contributed by atoms with van der Waals surface area (Å²) in [5.41, 5.74) is 0.416. The summed E-state index contributed by atoms with van der Waals surface area (Å²) in [7, 11) is 0. The van der Waals surface area contributed by atoms with Crippen LogP contribution in [0.4, 0.5) is 0 Å². The summed E-state index contributed by atoms with van der Waals surface area (Å²) in [6.45, 7) is 2.60. The number of aliphatic hydroxyl groups is 1. The van der Waals surface area contributed by atoms with Gasteiger partial charge in [0.2, 0.25) is 0 Å². The minimum Gasteiger partial charge on any atom is -0.388 e. The second-order valence-electron chi connectivity index (χ2n) is 5.06. The van der Waals surface area contributed by atoms with Crippen molar-refractivity contribution in [2.24, 2.45) is 0 Å². The molecular formula is C14H18N2O2S2. The number of thiazole rings is 1. The highest BCUT2D eigenvalue weighted by Crippen LogP contribution is 2.27. The second kappa shape index (κ2) is 6.32. The maximum Gasteiger partial charge on any atom is 0.133 e. The zero-order chi connectivity index (χ0) is 13.8. The van der Waals surface area contributed by atoms with Gasteiger partial charge < -0.3 is 15.2 Å². The molecule has 0 radical (unpaired) electrons. The largest absolute Gasteiger partial charge is 0.388 e. The third-order valence-corrected chi connectivity index (χ3v) is 5.40. The molecule has 0 aromatic carbocycles. The van der Waals surface area contributed by atoms with E-state index in [1.54, 1.807) is 22.7 Å². The minimum atomic E-state index is -0.620. The molecule has 1 fully saturated rings. The number of aromatic nitrogens is 1. The number of nitrogens with one attached hydrogen (secondary N) is 1. The Morgan fingerprint density at radius 1 is 1.35 bits per heavy atom. The van der Waals surface area contributed by atoms with Crippen LogP contribution in [-0.2, 0) is 11.3 Å². The van der Waals surface area contributed by atoms with Gasteiger partial charge in [0.25, 0.3) is 0 Å². The fraction of sp³-hybridized carbons (Fsp3) is 0.500. The Bertz CT molecular complexity index is 533. The number of thiophene rings is 1. The van der Waals surface area contributed by atoms with Gasteiger partial charge in [0, 0.05) is 44.5 Å². The normalized spacial score (nSPS) is 18.2. The van der Waals surface area contributed by atoms with Gasteiger partial charge in [-0.3, -0.25) is 0 Å². The second-order valence-corrected chi connectivity index (χ2v) is 6.87. The Kier molecular flexibility index (Phi) is 4.48. The van der Waals surface area contributed by atoms with Crippen molar-refractivity contribution < 1.29 is 9.84 Å². The van der Waals surface area contributed by atoms with Crippen molar-refractivity contribution in [3.8, 4) is 9.88 Å². The number of ether oxygens (including phenoxy) is 1. The van der Waals surface area contributed by atoms with Crippen LogP contribution in [0, 0.1) is 0 Å². The predicted molar refractivity (Wildman–Crippen MR) is 82.1 cm³/mol. The summed E-state index contributed by atoms with van der Waals surface area (Å²) in [4.78, 5) is 5.83. The Morgan fingerprint density at radius 2 is 2.20 bits per heavy atom. The molecule has 0 unspecified atom stereocenters. The van der Waals surface area contributed by atoms with E-state index in [1.807, 2.05) is 6.07 Å². The lowest BCUT2D eigenvalue weighted by Gasteiger charge is -2.32. The summed E-state index contributed by atoms with van der Waals surface area (Å²) < 4.78 is 5.28. The molecule has 1 saturated heterocycles. The number of hydrogen-bond donors (Lipinski definition) is 2. The zero-order valence-corrected chi connectivity index (χ0v) is 12.8. The van der Waals surface area contributed by atoms with E-state index < -0.39 is 5.60 Å². The highest BCUT2D eigenvalue weighted by atomic mass is 32.1. The molecule has 0 spiro atoms. The molecule has 0 saturated carbocycles. The molecule has 3 rings (SSSR count). The lowest BCUT2D eigenvalue weighted by Crippen LogP contribution is -2.44. The smallest absolute Gasteiger partial charge is 0.133 e. The van der Waals surface area contributed by atoms with E-state index in [-0.39, 0.29) is 0 Å². The lowest BCUT2D eigenvalue weighted by molar-refractivity contribution is -0.0617. The molecule has 6 heteroatoms. The first kappa shape index (κ1) is 14.2. The first-order valence-corrected chi connectivity index (χ1v) is 8.50. The van der Waals surface area contributed by atoms with Crippen molar-refractivity contribution in [3.05, 3.63) is 28.6 Å². The first-order chi connectivity index (χ1) is 9.75. The van der Waals surface area contributed by atoms with Gasteiger partial charge in [-0.25, -0.2) is 4.98 Å². The molecule has 2 aromatic rings. The molecule has 0 amide bonds. The summed E-state index contributed by atoms with van der Waals surface area (Å²) in [5.74, 6) is 0. The van der Waals surface area contributed by atoms with E-state index in [4.69, 9.17) is 4.74 Å². The number of nitrogens with zero attached hydrogens (tertiary/aromatic N) is 1. The van der Waals surface area contributed by atoms with Crippen molar-refractivity contribution in [3.63, 3.8) is 0 Å². The summed E-state index contributed by atoms with van der Waals surface area (Å²) in [6.07, 6.45) is 1.41. The van der Waals surface area contributed by atoms with Crippen molar-refractivity contribution in [2.75, 3.05) is 19.8 Å². The molecule has 108 valence electrons. The molecule has 0 bridgehead atoms. The van der Waals surface area contributed by atoms with Crippen LogP contribution < -0.4 is 5.32 Å². The fourth-order valence-corrected chi connectivity index (χ4v) is 3.89. The predicted octanol–water partition coefficient (Wildman–Crippen LogP) is 2.50. The minimum absolute atomic E-state index is 0.599. The van der Waals surface area contributed by atoms with E-state index in [0.717, 1.165) is 10.7 Å². The van der Waals surface area contributed by atoms with Crippen LogP contribution in [0.3, 0.4) is 0 Å². The molecule has 2 N–H and O–H groups in total. The molecule has 3 heterocycles. The van der Waals surface area contributed by atoms with E-state index in [2.05, 4.69) is 27.1 Å². The van der Waals surface area contributed by atoms with Crippen LogP contribution in [0.15, 0.2) is 22.9 Å². The van der Waals surface area contributed by atoms with Crippen molar-refractivity contribution in [1.29, 1.82) is 0 Å². The number of rotatable bonds is 5. The third-order valence-electron chi connectivity index (χ3n) is 3.47. The average Bonchev–Trinajstić information content (AvgIpc) is 3.09. The van der Waals surface area contributed by atoms with Gasteiger partial charge in [0.1, 0.15) is 5.01 Å². The SMILES string of the molecule is OC1(CNCc2csc(-c3cccs3)n2)CCOCC1. The van der Waals surface area contributed by atoms with Crippen molar-refractivity contribution >= 4 is 22.7 Å². The van der Waals surface area contributed by atoms with Gasteiger partial charge in [-0.2, -0.15) is 0 Å². The molecule has 1 aliphatic rings. The number of hydrogen-bond acceptors (Lipinski definition) is 6. The first-order valence-electron chi connectivity index (χ1n) is 6.74. The monoisotopic (exact) mass is 310 g/mol. The van der Waals surface area contributed by atoms with Gasteiger partial charge in [0.15, 0.2) is 0 Å². The van der Waals surface area contributed by atoms with E-state index in [0.29, 0.717) is 39.1 Å². The Balaban J connectivity index is 1.51. The Morgan fingerprint density at radius 3 is 2.95 bits per heavy atom. The highest BCUT2D eigenvalue weighted by molar-refractivity contribution is 7.20. The molecule has 0 aliphatic carbocycles. The summed E-state index contributed by atoms with van der Waals surface area (Å²) >= 11 is 3.38. The van der Waals surface area contributed by atoms with Gasteiger partial charge in [-0.15, -0.1) is 22.7 Å². The van der Waals surface area contributed by atoms with Gasteiger partial charge in [-0.05, 0) is 11.4 Å². The van der Waals surface area contributed by atoms with E-state index in [1.165, 1.54) is 4.88 Å². The van der Waals surface area contributed by atoms with Crippen LogP contribution >= 0.6 is 22.7 Å². The van der Waals surface area contributed by atoms with E-state index >= 15 is 0 Å². The van der Waals surface area contributed by atoms with Crippen LogP contribution in [0.5, 0.6) is 0 Å². The van der Waals surface area contributed by atoms with Crippen molar-refractivity contribution in [2.45, 2.75) is 25.0 Å². The summed E-state index contributed by atoms with van der Waals surface area (Å²) in [5, 5.41) is 18.9. The molecule has 2 aromatic heterocycles. The Hall–Kier alpha value is -0.790. The highest BCUT2D eigenvalue weighted by Gasteiger charge is 2.29. The van der Waals surface area contributed by atoms with Crippen LogP contribution in [0.25, 0.3) is 9.88 Å². The average molecular weight is 310 g/mol. The van der Waals surface area contributed by atoms with Crippen LogP contribution in [0.1, 0.15) is 18.5 Å². The van der Waals surface area contributed by atoms with Gasteiger partial charge >= 0.3 is 0 Å². The topological polar surface area (TPSA) is 54.4 Å². The van der Waals surface area contributed by atoms with Crippen LogP contribution in [0.2, 0.25) is 0 Å². The third kappa shape index (κ3) is 3.45. The summed E-state index contributed by atoms with van der Waals surface area (Å²) in [6, 6.07) is 4.13. The molecular weight excluding hydrogens is 292 g/mol. The molecule has 20 heavy (non-hydrogen) atoms. The molecule has 4 nitrogen and oxygen atoms in total. The molecule has 0 atom stereocenters. The van der Waals surface area contributed by atoms with Gasteiger partial charge in [-0.1, -0.05) is 6.07 Å². The Labute approximate surface area is 126 Å². The molecule has 1 aliphatic heterocycles.